The molecule has 0 saturated carbocycles. The minimum Gasteiger partial charge on any atom is -0.353 e. The van der Waals surface area contributed by atoms with E-state index in [0.717, 1.165) is 33.1 Å². The van der Waals surface area contributed by atoms with Crippen LogP contribution in [0.25, 0.3) is 33.1 Å². The number of benzene rings is 2. The van der Waals surface area contributed by atoms with E-state index in [2.05, 4.69) is 21.4 Å². The molecule has 1 amide bonds. The van der Waals surface area contributed by atoms with Gasteiger partial charge in [0.25, 0.3) is 5.91 Å². The second kappa shape index (κ2) is 6.61. The zero-order valence-corrected chi connectivity index (χ0v) is 14.5. The molecule has 0 spiro atoms. The van der Waals surface area contributed by atoms with Gasteiger partial charge in [-0.3, -0.25) is 4.79 Å². The van der Waals surface area contributed by atoms with Crippen LogP contribution in [0.15, 0.2) is 54.6 Å². The van der Waals surface area contributed by atoms with Gasteiger partial charge in [0.15, 0.2) is 0 Å². The number of nitrogens with zero attached hydrogens (tertiary/aromatic N) is 1. The third kappa shape index (κ3) is 2.82. The number of para-hydroxylation sites is 1. The van der Waals surface area contributed by atoms with E-state index in [1.807, 2.05) is 55.5 Å². The lowest BCUT2D eigenvalue weighted by Crippen LogP contribution is -2.29. The Morgan fingerprint density at radius 1 is 1.12 bits per heavy atom. The van der Waals surface area contributed by atoms with Gasteiger partial charge in [-0.05, 0) is 19.1 Å². The Bertz CT molecular complexity index is 1100. The molecular weight excluding hydrogens is 324 g/mol. The minimum absolute atomic E-state index is 0.212. The molecule has 5 nitrogen and oxygen atoms in total. The quantitative estimate of drug-likeness (QED) is 0.531. The van der Waals surface area contributed by atoms with Crippen molar-refractivity contribution in [3.05, 3.63) is 65.9 Å². The van der Waals surface area contributed by atoms with Crippen molar-refractivity contribution in [2.24, 2.45) is 5.73 Å². The van der Waals surface area contributed by atoms with E-state index in [4.69, 9.17) is 5.73 Å². The molecule has 5 heteroatoms. The molecule has 0 unspecified atom stereocenters. The third-order valence-corrected chi connectivity index (χ3v) is 4.48. The van der Waals surface area contributed by atoms with Crippen LogP contribution in [0.2, 0.25) is 0 Å². The Kier molecular flexibility index (Phi) is 4.14. The van der Waals surface area contributed by atoms with Gasteiger partial charge in [0.2, 0.25) is 0 Å². The summed E-state index contributed by atoms with van der Waals surface area (Å²) < 4.78 is 0. The average molecular weight is 344 g/mol. The highest BCUT2D eigenvalue weighted by Gasteiger charge is 2.16. The predicted octanol–water partition coefficient (Wildman–Crippen LogP) is 3.38. The maximum absolute atomic E-state index is 12.5. The lowest BCUT2D eigenvalue weighted by molar-refractivity contribution is 0.0950. The fraction of sp³-hybridized carbons (Fsp3) is 0.143. The van der Waals surface area contributed by atoms with Gasteiger partial charge >= 0.3 is 0 Å². The summed E-state index contributed by atoms with van der Waals surface area (Å²) in [4.78, 5) is 20.6. The number of carbonyl (C=O) groups excluding carboxylic acids is 1. The van der Waals surface area contributed by atoms with Crippen molar-refractivity contribution >= 4 is 27.7 Å². The van der Waals surface area contributed by atoms with Crippen molar-refractivity contribution in [2.45, 2.75) is 6.92 Å². The molecule has 4 aromatic rings. The predicted molar refractivity (Wildman–Crippen MR) is 105 cm³/mol. The summed E-state index contributed by atoms with van der Waals surface area (Å²) in [6.07, 6.45) is 0. The Morgan fingerprint density at radius 2 is 1.88 bits per heavy atom. The van der Waals surface area contributed by atoms with E-state index in [1.54, 1.807) is 0 Å². The maximum Gasteiger partial charge on any atom is 0.269 e. The van der Waals surface area contributed by atoms with Crippen molar-refractivity contribution in [3.63, 3.8) is 0 Å². The first-order chi connectivity index (χ1) is 12.7. The van der Waals surface area contributed by atoms with Crippen LogP contribution in [-0.4, -0.2) is 29.0 Å². The number of pyridine rings is 1. The zero-order chi connectivity index (χ0) is 18.1. The molecule has 0 aliphatic carbocycles. The number of amides is 1. The van der Waals surface area contributed by atoms with Crippen molar-refractivity contribution in [1.29, 1.82) is 0 Å². The van der Waals surface area contributed by atoms with Crippen LogP contribution in [0.1, 0.15) is 16.1 Å². The molecule has 0 radical (unpaired) electrons. The van der Waals surface area contributed by atoms with Gasteiger partial charge in [0.05, 0.1) is 11.2 Å². The van der Waals surface area contributed by atoms with Crippen molar-refractivity contribution < 1.29 is 4.79 Å². The van der Waals surface area contributed by atoms with Gasteiger partial charge in [-0.15, -0.1) is 0 Å². The van der Waals surface area contributed by atoms with Gasteiger partial charge in [-0.2, -0.15) is 0 Å². The summed E-state index contributed by atoms with van der Waals surface area (Å²) in [6, 6.07) is 18.1. The Hall–Kier alpha value is -3.18. The number of H-pyrrole nitrogens is 1. The van der Waals surface area contributed by atoms with Crippen LogP contribution in [-0.2, 0) is 0 Å². The number of nitrogens with one attached hydrogen (secondary N) is 2. The fourth-order valence-corrected chi connectivity index (χ4v) is 3.16. The largest absolute Gasteiger partial charge is 0.353 e. The number of fused-ring (bicyclic) bond motifs is 3. The Labute approximate surface area is 151 Å². The van der Waals surface area contributed by atoms with Gasteiger partial charge in [0.1, 0.15) is 5.69 Å². The van der Waals surface area contributed by atoms with Gasteiger partial charge in [-0.25, -0.2) is 4.98 Å². The molecule has 0 bridgehead atoms. The number of nitrogens with two attached hydrogens (primary N) is 1. The van der Waals surface area contributed by atoms with E-state index in [9.17, 15) is 4.79 Å². The lowest BCUT2D eigenvalue weighted by atomic mass is 10.1. The zero-order valence-electron chi connectivity index (χ0n) is 14.5. The molecule has 2 aromatic carbocycles. The number of aryl methyl sites for hydroxylation is 1. The van der Waals surface area contributed by atoms with Crippen LogP contribution in [0, 0.1) is 6.92 Å². The molecule has 4 N–H and O–H groups in total. The molecule has 0 fully saturated rings. The highest BCUT2D eigenvalue weighted by atomic mass is 16.1. The fourth-order valence-electron chi connectivity index (χ4n) is 3.16. The second-order valence-electron chi connectivity index (χ2n) is 6.36. The van der Waals surface area contributed by atoms with Gasteiger partial charge in [0, 0.05) is 34.9 Å². The summed E-state index contributed by atoms with van der Waals surface area (Å²) >= 11 is 0. The van der Waals surface area contributed by atoms with Crippen LogP contribution in [0.5, 0.6) is 0 Å². The Balaban J connectivity index is 1.98. The number of hydrogen-bond donors (Lipinski definition) is 3. The van der Waals surface area contributed by atoms with Crippen LogP contribution >= 0.6 is 0 Å². The molecule has 0 saturated heterocycles. The number of rotatable bonds is 4. The molecule has 130 valence electrons. The highest BCUT2D eigenvalue weighted by Crippen LogP contribution is 2.32. The van der Waals surface area contributed by atoms with E-state index in [0.29, 0.717) is 18.8 Å². The van der Waals surface area contributed by atoms with E-state index in [1.165, 1.54) is 5.56 Å². The summed E-state index contributed by atoms with van der Waals surface area (Å²) in [5.74, 6) is -0.212. The number of aromatic nitrogens is 2. The highest BCUT2D eigenvalue weighted by molar-refractivity contribution is 6.13. The van der Waals surface area contributed by atoms with Crippen molar-refractivity contribution in [1.82, 2.24) is 15.3 Å². The van der Waals surface area contributed by atoms with Crippen LogP contribution in [0.3, 0.4) is 0 Å². The third-order valence-electron chi connectivity index (χ3n) is 4.48. The van der Waals surface area contributed by atoms with Crippen molar-refractivity contribution in [2.75, 3.05) is 13.1 Å². The number of carbonyl (C=O) groups is 1. The molecule has 0 atom stereocenters. The monoisotopic (exact) mass is 344 g/mol. The average Bonchev–Trinajstić information content (AvgIpc) is 3.05. The molecule has 2 heterocycles. The smallest absolute Gasteiger partial charge is 0.269 e. The molecule has 0 aliphatic heterocycles. The van der Waals surface area contributed by atoms with E-state index >= 15 is 0 Å². The van der Waals surface area contributed by atoms with Crippen LogP contribution in [0.4, 0.5) is 0 Å². The summed E-state index contributed by atoms with van der Waals surface area (Å²) in [5, 5.41) is 4.87. The molecule has 0 aliphatic rings. The van der Waals surface area contributed by atoms with E-state index < -0.39 is 0 Å². The number of aromatic amines is 1. The van der Waals surface area contributed by atoms with Crippen LogP contribution < -0.4 is 11.1 Å². The first kappa shape index (κ1) is 16.3. The standard InChI is InChI=1S/C21H20N4O/c1-13-6-8-14(9-7-13)19-20-16(15-4-2-3-5-17(15)24-20)12-18(25-19)21(26)23-11-10-22/h2-9,12,24H,10-11,22H2,1H3,(H,23,26). The van der Waals surface area contributed by atoms with E-state index in [-0.39, 0.29) is 5.91 Å². The topological polar surface area (TPSA) is 83.8 Å². The number of hydrogen-bond acceptors (Lipinski definition) is 3. The summed E-state index contributed by atoms with van der Waals surface area (Å²) in [6.45, 7) is 2.87. The minimum atomic E-state index is -0.212. The Morgan fingerprint density at radius 3 is 2.65 bits per heavy atom. The molecule has 26 heavy (non-hydrogen) atoms. The second-order valence-corrected chi connectivity index (χ2v) is 6.36. The first-order valence-corrected chi connectivity index (χ1v) is 8.64. The maximum atomic E-state index is 12.5. The summed E-state index contributed by atoms with van der Waals surface area (Å²) in [7, 11) is 0. The van der Waals surface area contributed by atoms with Crippen molar-refractivity contribution in [3.8, 4) is 11.3 Å². The van der Waals surface area contributed by atoms with Gasteiger partial charge < -0.3 is 16.0 Å². The lowest BCUT2D eigenvalue weighted by Gasteiger charge is -2.08. The molecular formula is C21H20N4O. The molecule has 4 rings (SSSR count). The SMILES string of the molecule is Cc1ccc(-c2nc(C(=O)NCCN)cc3c2[nH]c2ccccc23)cc1. The van der Waals surface area contributed by atoms with Gasteiger partial charge in [-0.1, -0.05) is 48.0 Å². The first-order valence-electron chi connectivity index (χ1n) is 8.64. The summed E-state index contributed by atoms with van der Waals surface area (Å²) in [5.41, 5.74) is 10.8. The normalized spacial score (nSPS) is 11.2. The molecule has 2 aromatic heterocycles.